The van der Waals surface area contributed by atoms with E-state index in [1.165, 1.54) is 14.2 Å². The summed E-state index contributed by atoms with van der Waals surface area (Å²) >= 11 is 5.34. The average molecular weight is 314 g/mol. The second kappa shape index (κ2) is 5.85. The van der Waals surface area contributed by atoms with Crippen molar-refractivity contribution >= 4 is 27.3 Å². The number of hydrogen-bond donors (Lipinski definition) is 1. The maximum Gasteiger partial charge on any atom is 0.126 e. The Kier molecular flexibility index (Phi) is 4.42. The molecule has 0 saturated heterocycles. The molecule has 2 nitrogen and oxygen atoms in total. The molecule has 1 unspecified atom stereocenters. The Morgan fingerprint density at radius 1 is 1.53 bits per heavy atom. The first-order valence-electron chi connectivity index (χ1n) is 5.75. The Labute approximate surface area is 114 Å². The van der Waals surface area contributed by atoms with Gasteiger partial charge in [0.2, 0.25) is 0 Å². The minimum Gasteiger partial charge on any atom is -0.467 e. The summed E-state index contributed by atoms with van der Waals surface area (Å²) in [5, 5.41) is 3.52. The molecule has 4 heteroatoms. The fourth-order valence-electron chi connectivity index (χ4n) is 1.71. The number of furan rings is 1. The molecule has 0 aromatic carbocycles. The summed E-state index contributed by atoms with van der Waals surface area (Å²) in [5.74, 6) is 0.979. The summed E-state index contributed by atoms with van der Waals surface area (Å²) in [5.41, 5.74) is 1.28. The van der Waals surface area contributed by atoms with Gasteiger partial charge in [-0.1, -0.05) is 6.92 Å². The van der Waals surface area contributed by atoms with Crippen LogP contribution in [0.25, 0.3) is 0 Å². The first kappa shape index (κ1) is 12.9. The van der Waals surface area contributed by atoms with Crippen LogP contribution in [0.15, 0.2) is 32.7 Å². The first-order chi connectivity index (χ1) is 8.22. The minimum atomic E-state index is 0.167. The summed E-state index contributed by atoms with van der Waals surface area (Å²) in [6.07, 6.45) is 2.84. The number of hydrogen-bond acceptors (Lipinski definition) is 3. The van der Waals surface area contributed by atoms with Gasteiger partial charge in [0.15, 0.2) is 0 Å². The molecule has 2 rings (SSSR count). The molecular weight excluding hydrogens is 298 g/mol. The largest absolute Gasteiger partial charge is 0.467 e. The lowest BCUT2D eigenvalue weighted by Gasteiger charge is -2.14. The lowest BCUT2D eigenvalue weighted by molar-refractivity contribution is 0.450. The van der Waals surface area contributed by atoms with E-state index in [2.05, 4.69) is 41.2 Å². The summed E-state index contributed by atoms with van der Waals surface area (Å²) in [4.78, 5) is 1.29. The third-order valence-electron chi connectivity index (χ3n) is 2.59. The van der Waals surface area contributed by atoms with Crippen molar-refractivity contribution in [1.29, 1.82) is 0 Å². The predicted molar refractivity (Wildman–Crippen MR) is 75.6 cm³/mol. The van der Waals surface area contributed by atoms with Crippen LogP contribution in [0.5, 0.6) is 0 Å². The number of aryl methyl sites for hydroxylation is 1. The average Bonchev–Trinajstić information content (AvgIpc) is 2.92. The van der Waals surface area contributed by atoms with Crippen molar-refractivity contribution in [2.45, 2.75) is 26.3 Å². The third-order valence-corrected chi connectivity index (χ3v) is 4.79. The van der Waals surface area contributed by atoms with Crippen molar-refractivity contribution < 1.29 is 4.42 Å². The number of thiophene rings is 1. The summed E-state index contributed by atoms with van der Waals surface area (Å²) in [7, 11) is 0. The van der Waals surface area contributed by atoms with Crippen LogP contribution >= 0.6 is 27.3 Å². The minimum absolute atomic E-state index is 0.167. The zero-order valence-electron chi connectivity index (χ0n) is 10.00. The topological polar surface area (TPSA) is 25.2 Å². The second-order valence-corrected chi connectivity index (χ2v) is 6.41. The summed E-state index contributed by atoms with van der Waals surface area (Å²) in [6, 6.07) is 6.34. The Hall–Kier alpha value is -0.580. The monoisotopic (exact) mass is 313 g/mol. The quantitative estimate of drug-likeness (QED) is 0.879. The van der Waals surface area contributed by atoms with Gasteiger partial charge in [0.1, 0.15) is 11.8 Å². The molecule has 0 saturated carbocycles. The SMILES string of the molecule is CCCNC(c1ccco1)c1cc(C)c(Br)s1. The highest BCUT2D eigenvalue weighted by atomic mass is 79.9. The highest BCUT2D eigenvalue weighted by Crippen LogP contribution is 2.34. The van der Waals surface area contributed by atoms with E-state index < -0.39 is 0 Å². The summed E-state index contributed by atoms with van der Waals surface area (Å²) in [6.45, 7) is 5.27. The molecule has 0 aliphatic heterocycles. The van der Waals surface area contributed by atoms with Crippen molar-refractivity contribution in [3.05, 3.63) is 44.4 Å². The van der Waals surface area contributed by atoms with E-state index in [4.69, 9.17) is 4.42 Å². The highest BCUT2D eigenvalue weighted by molar-refractivity contribution is 9.11. The fraction of sp³-hybridized carbons (Fsp3) is 0.385. The van der Waals surface area contributed by atoms with Crippen LogP contribution < -0.4 is 5.32 Å². The van der Waals surface area contributed by atoms with E-state index in [-0.39, 0.29) is 6.04 Å². The van der Waals surface area contributed by atoms with Gasteiger partial charge in [0, 0.05) is 4.88 Å². The van der Waals surface area contributed by atoms with E-state index in [1.54, 1.807) is 17.6 Å². The molecule has 2 heterocycles. The maximum atomic E-state index is 5.53. The van der Waals surface area contributed by atoms with E-state index in [0.717, 1.165) is 18.7 Å². The predicted octanol–water partition coefficient (Wildman–Crippen LogP) is 4.50. The Balaban J connectivity index is 2.26. The lowest BCUT2D eigenvalue weighted by atomic mass is 10.1. The molecule has 2 aromatic rings. The molecule has 0 fully saturated rings. The molecule has 17 heavy (non-hydrogen) atoms. The molecule has 1 atom stereocenters. The molecule has 1 N–H and O–H groups in total. The normalized spacial score (nSPS) is 12.9. The Bertz CT molecular complexity index is 444. The first-order valence-corrected chi connectivity index (χ1v) is 7.36. The molecular formula is C13H16BrNOS. The van der Waals surface area contributed by atoms with E-state index in [0.29, 0.717) is 0 Å². The standard InChI is InChI=1S/C13H16BrNOS/c1-3-6-15-12(10-5-4-7-16-10)11-8-9(2)13(14)17-11/h4-5,7-8,12,15H,3,6H2,1-2H3. The Morgan fingerprint density at radius 2 is 2.35 bits per heavy atom. The molecule has 0 spiro atoms. The Morgan fingerprint density at radius 3 is 2.88 bits per heavy atom. The van der Waals surface area contributed by atoms with Crippen LogP contribution in [-0.2, 0) is 0 Å². The lowest BCUT2D eigenvalue weighted by Crippen LogP contribution is -2.21. The smallest absolute Gasteiger partial charge is 0.126 e. The number of nitrogens with one attached hydrogen (secondary N) is 1. The van der Waals surface area contributed by atoms with Crippen LogP contribution in [0, 0.1) is 6.92 Å². The van der Waals surface area contributed by atoms with Crippen LogP contribution in [0.4, 0.5) is 0 Å². The molecule has 2 aromatic heterocycles. The zero-order chi connectivity index (χ0) is 12.3. The van der Waals surface area contributed by atoms with E-state index >= 15 is 0 Å². The van der Waals surface area contributed by atoms with E-state index in [1.807, 2.05) is 12.1 Å². The van der Waals surface area contributed by atoms with Crippen LogP contribution in [0.2, 0.25) is 0 Å². The van der Waals surface area contributed by atoms with Gasteiger partial charge in [0.25, 0.3) is 0 Å². The van der Waals surface area contributed by atoms with E-state index in [9.17, 15) is 0 Å². The fourth-order valence-corrected chi connectivity index (χ4v) is 3.37. The van der Waals surface area contributed by atoms with Gasteiger partial charge in [-0.05, 0) is 59.6 Å². The molecule has 0 amide bonds. The highest BCUT2D eigenvalue weighted by Gasteiger charge is 2.18. The van der Waals surface area contributed by atoms with Crippen molar-refractivity contribution in [3.63, 3.8) is 0 Å². The van der Waals surface area contributed by atoms with Crippen molar-refractivity contribution in [3.8, 4) is 0 Å². The zero-order valence-corrected chi connectivity index (χ0v) is 12.4. The van der Waals surface area contributed by atoms with Gasteiger partial charge in [0.05, 0.1) is 10.0 Å². The van der Waals surface area contributed by atoms with Crippen LogP contribution in [0.3, 0.4) is 0 Å². The van der Waals surface area contributed by atoms with Gasteiger partial charge in [-0.25, -0.2) is 0 Å². The van der Waals surface area contributed by atoms with Gasteiger partial charge in [-0.2, -0.15) is 0 Å². The number of halogens is 1. The van der Waals surface area contributed by atoms with Gasteiger partial charge in [-0.15, -0.1) is 11.3 Å². The van der Waals surface area contributed by atoms with Gasteiger partial charge < -0.3 is 9.73 Å². The second-order valence-electron chi connectivity index (χ2n) is 4.01. The van der Waals surface area contributed by atoms with Crippen LogP contribution in [0.1, 0.15) is 35.6 Å². The van der Waals surface area contributed by atoms with Crippen molar-refractivity contribution in [2.75, 3.05) is 6.54 Å². The van der Waals surface area contributed by atoms with Crippen LogP contribution in [-0.4, -0.2) is 6.54 Å². The molecule has 0 bridgehead atoms. The molecule has 0 radical (unpaired) electrons. The molecule has 92 valence electrons. The van der Waals surface area contributed by atoms with Crippen molar-refractivity contribution in [2.24, 2.45) is 0 Å². The van der Waals surface area contributed by atoms with Gasteiger partial charge >= 0.3 is 0 Å². The molecule has 0 aliphatic carbocycles. The maximum absolute atomic E-state index is 5.53. The number of rotatable bonds is 5. The molecule has 0 aliphatic rings. The van der Waals surface area contributed by atoms with Crippen molar-refractivity contribution in [1.82, 2.24) is 5.32 Å². The third kappa shape index (κ3) is 3.00. The van der Waals surface area contributed by atoms with Gasteiger partial charge in [-0.3, -0.25) is 0 Å². The summed E-state index contributed by atoms with van der Waals surface area (Å²) < 4.78 is 6.72.